The van der Waals surface area contributed by atoms with Crippen LogP contribution in [0.5, 0.6) is 0 Å². The van der Waals surface area contributed by atoms with Crippen molar-refractivity contribution in [3.8, 4) is 11.5 Å². The first-order valence-corrected chi connectivity index (χ1v) is 6.35. The van der Waals surface area contributed by atoms with E-state index in [9.17, 15) is 0 Å². The second-order valence-corrected chi connectivity index (χ2v) is 4.51. The summed E-state index contributed by atoms with van der Waals surface area (Å²) in [7, 11) is 0. The van der Waals surface area contributed by atoms with E-state index in [0.29, 0.717) is 17.4 Å². The van der Waals surface area contributed by atoms with Gasteiger partial charge >= 0.3 is 0 Å². The van der Waals surface area contributed by atoms with Crippen LogP contribution in [0.4, 0.5) is 0 Å². The van der Waals surface area contributed by atoms with Gasteiger partial charge in [-0.3, -0.25) is 4.90 Å². The van der Waals surface area contributed by atoms with Crippen molar-refractivity contribution in [2.45, 2.75) is 18.9 Å². The summed E-state index contributed by atoms with van der Waals surface area (Å²) >= 11 is 0. The first-order valence-electron chi connectivity index (χ1n) is 6.35. The van der Waals surface area contributed by atoms with Crippen molar-refractivity contribution >= 4 is 0 Å². The predicted molar refractivity (Wildman–Crippen MR) is 69.1 cm³/mol. The van der Waals surface area contributed by atoms with Gasteiger partial charge in [-0.2, -0.15) is 10.1 Å². The van der Waals surface area contributed by atoms with Crippen LogP contribution < -0.4 is 0 Å². The molecule has 0 aromatic carbocycles. The largest absolute Gasteiger partial charge is 0.337 e. The van der Waals surface area contributed by atoms with Gasteiger partial charge in [-0.15, -0.1) is 11.7 Å². The van der Waals surface area contributed by atoms with Crippen molar-refractivity contribution in [3.63, 3.8) is 0 Å². The molecule has 0 bridgehead atoms. The summed E-state index contributed by atoms with van der Waals surface area (Å²) in [6, 6.07) is 3.81. The molecule has 0 spiro atoms. The van der Waals surface area contributed by atoms with E-state index in [-0.39, 0.29) is 6.04 Å². The minimum atomic E-state index is 0.191. The van der Waals surface area contributed by atoms with E-state index < -0.39 is 0 Å². The molecular formula is C13H15N5O. The van der Waals surface area contributed by atoms with Gasteiger partial charge in [-0.1, -0.05) is 11.2 Å². The van der Waals surface area contributed by atoms with Gasteiger partial charge in [0.2, 0.25) is 11.7 Å². The highest BCUT2D eigenvalue weighted by Crippen LogP contribution is 2.31. The van der Waals surface area contributed by atoms with Gasteiger partial charge in [0.25, 0.3) is 0 Å². The van der Waals surface area contributed by atoms with E-state index in [1.807, 2.05) is 12.1 Å². The Morgan fingerprint density at radius 1 is 1.53 bits per heavy atom. The van der Waals surface area contributed by atoms with Gasteiger partial charge in [0.1, 0.15) is 5.69 Å². The molecule has 0 aliphatic carbocycles. The molecule has 6 heteroatoms. The first-order chi connectivity index (χ1) is 9.38. The maximum Gasteiger partial charge on any atom is 0.244 e. The number of hydrogen-bond acceptors (Lipinski definition) is 6. The zero-order valence-electron chi connectivity index (χ0n) is 10.6. The number of hydrogen-bond donors (Lipinski definition) is 0. The Bertz CT molecular complexity index is 553. The van der Waals surface area contributed by atoms with Crippen LogP contribution in [-0.2, 0) is 0 Å². The molecule has 1 fully saturated rings. The van der Waals surface area contributed by atoms with Crippen LogP contribution in [0.2, 0.25) is 0 Å². The molecule has 98 valence electrons. The molecule has 0 N–H and O–H groups in total. The van der Waals surface area contributed by atoms with Crippen molar-refractivity contribution < 1.29 is 4.52 Å². The van der Waals surface area contributed by atoms with Crippen LogP contribution in [0.15, 0.2) is 35.5 Å². The molecule has 0 saturated carbocycles. The SMILES string of the molecule is C=CCN1CCC[C@@H]1c1nc(-c2cccnn2)no1. The minimum Gasteiger partial charge on any atom is -0.337 e. The zero-order chi connectivity index (χ0) is 13.1. The monoisotopic (exact) mass is 257 g/mol. The smallest absolute Gasteiger partial charge is 0.244 e. The minimum absolute atomic E-state index is 0.191. The van der Waals surface area contributed by atoms with Gasteiger partial charge < -0.3 is 4.52 Å². The fourth-order valence-corrected chi connectivity index (χ4v) is 2.39. The Labute approximate surface area is 111 Å². The third-order valence-corrected chi connectivity index (χ3v) is 3.26. The Balaban J connectivity index is 1.83. The lowest BCUT2D eigenvalue weighted by atomic mass is 10.2. The second-order valence-electron chi connectivity index (χ2n) is 4.51. The molecule has 1 atom stereocenters. The molecule has 3 rings (SSSR count). The lowest BCUT2D eigenvalue weighted by Crippen LogP contribution is -2.23. The highest BCUT2D eigenvalue weighted by Gasteiger charge is 2.30. The van der Waals surface area contributed by atoms with E-state index in [0.717, 1.165) is 25.9 Å². The topological polar surface area (TPSA) is 67.9 Å². The van der Waals surface area contributed by atoms with Crippen molar-refractivity contribution in [1.29, 1.82) is 0 Å². The average Bonchev–Trinajstić information content (AvgIpc) is 3.08. The summed E-state index contributed by atoms with van der Waals surface area (Å²) in [6.07, 6.45) is 5.70. The van der Waals surface area contributed by atoms with Crippen LogP contribution in [0.3, 0.4) is 0 Å². The molecule has 0 unspecified atom stereocenters. The molecular weight excluding hydrogens is 242 g/mol. The average molecular weight is 257 g/mol. The third kappa shape index (κ3) is 2.39. The molecule has 1 saturated heterocycles. The van der Waals surface area contributed by atoms with Gasteiger partial charge in [-0.25, -0.2) is 0 Å². The summed E-state index contributed by atoms with van der Waals surface area (Å²) in [6.45, 7) is 5.66. The number of likely N-dealkylation sites (tertiary alicyclic amines) is 1. The standard InChI is InChI=1S/C13H15N5O/c1-2-8-18-9-4-6-11(18)13-15-12(17-19-13)10-5-3-7-14-16-10/h2-3,5,7,11H,1,4,6,8-9H2/t11-/m1/s1. The van der Waals surface area contributed by atoms with Crippen LogP contribution in [0, 0.1) is 0 Å². The number of rotatable bonds is 4. The first kappa shape index (κ1) is 12.0. The van der Waals surface area contributed by atoms with Crippen LogP contribution in [0.25, 0.3) is 11.5 Å². The highest BCUT2D eigenvalue weighted by molar-refractivity contribution is 5.46. The molecule has 0 radical (unpaired) electrons. The Morgan fingerprint density at radius 2 is 2.47 bits per heavy atom. The summed E-state index contributed by atoms with van der Waals surface area (Å²) in [5, 5.41) is 11.8. The van der Waals surface area contributed by atoms with E-state index in [4.69, 9.17) is 4.52 Å². The van der Waals surface area contributed by atoms with Crippen molar-refractivity contribution in [3.05, 3.63) is 36.9 Å². The van der Waals surface area contributed by atoms with E-state index in [2.05, 4.69) is 31.8 Å². The van der Waals surface area contributed by atoms with Crippen LogP contribution in [-0.4, -0.2) is 38.3 Å². The molecule has 0 amide bonds. The Hall–Kier alpha value is -2.08. The summed E-state index contributed by atoms with van der Waals surface area (Å²) < 4.78 is 5.37. The Morgan fingerprint density at radius 3 is 3.26 bits per heavy atom. The van der Waals surface area contributed by atoms with E-state index in [1.165, 1.54) is 0 Å². The Kier molecular flexibility index (Phi) is 3.33. The lowest BCUT2D eigenvalue weighted by Gasteiger charge is -2.18. The fraction of sp³-hybridized carbons (Fsp3) is 0.385. The maximum atomic E-state index is 5.37. The number of aromatic nitrogens is 4. The van der Waals surface area contributed by atoms with Crippen molar-refractivity contribution in [2.24, 2.45) is 0 Å². The molecule has 2 aromatic rings. The maximum absolute atomic E-state index is 5.37. The van der Waals surface area contributed by atoms with Crippen LogP contribution >= 0.6 is 0 Å². The van der Waals surface area contributed by atoms with E-state index >= 15 is 0 Å². The molecule has 2 aromatic heterocycles. The van der Waals surface area contributed by atoms with Gasteiger partial charge in [0, 0.05) is 12.7 Å². The zero-order valence-corrected chi connectivity index (χ0v) is 10.6. The van der Waals surface area contributed by atoms with Crippen molar-refractivity contribution in [1.82, 2.24) is 25.2 Å². The normalized spacial score (nSPS) is 19.7. The summed E-state index contributed by atoms with van der Waals surface area (Å²) in [4.78, 5) is 6.73. The highest BCUT2D eigenvalue weighted by atomic mass is 16.5. The number of nitrogens with zero attached hydrogens (tertiary/aromatic N) is 5. The van der Waals surface area contributed by atoms with Gasteiger partial charge in [0.05, 0.1) is 6.04 Å². The van der Waals surface area contributed by atoms with Gasteiger partial charge in [-0.05, 0) is 31.5 Å². The lowest BCUT2D eigenvalue weighted by molar-refractivity contribution is 0.226. The van der Waals surface area contributed by atoms with Crippen LogP contribution in [0.1, 0.15) is 24.8 Å². The molecule has 1 aliphatic heterocycles. The predicted octanol–water partition coefficient (Wildman–Crippen LogP) is 1.85. The molecule has 3 heterocycles. The summed E-state index contributed by atoms with van der Waals surface area (Å²) in [5.41, 5.74) is 0.630. The van der Waals surface area contributed by atoms with Gasteiger partial charge in [0.15, 0.2) is 0 Å². The quantitative estimate of drug-likeness (QED) is 0.779. The molecule has 6 nitrogen and oxygen atoms in total. The molecule has 19 heavy (non-hydrogen) atoms. The van der Waals surface area contributed by atoms with E-state index in [1.54, 1.807) is 12.3 Å². The summed E-state index contributed by atoms with van der Waals surface area (Å²) in [5.74, 6) is 1.15. The van der Waals surface area contributed by atoms with Crippen molar-refractivity contribution in [2.75, 3.05) is 13.1 Å². The second kappa shape index (κ2) is 5.27. The molecule has 1 aliphatic rings. The fourth-order valence-electron chi connectivity index (χ4n) is 2.39. The third-order valence-electron chi connectivity index (χ3n) is 3.26.